The Morgan fingerprint density at radius 2 is 2.00 bits per heavy atom. The molecule has 2 rings (SSSR count). The molecule has 14 heavy (non-hydrogen) atoms. The molecule has 0 radical (unpaired) electrons. The first-order chi connectivity index (χ1) is 6.77. The highest BCUT2D eigenvalue weighted by Gasteiger charge is 2.01. The molecule has 0 fully saturated rings. The van der Waals surface area contributed by atoms with Crippen LogP contribution < -0.4 is 5.73 Å². The molecule has 0 saturated carbocycles. The van der Waals surface area contributed by atoms with E-state index in [-0.39, 0.29) is 6.04 Å². The van der Waals surface area contributed by atoms with E-state index in [0.717, 1.165) is 16.8 Å². The number of nitrogens with two attached hydrogens (primary N) is 1. The highest BCUT2D eigenvalue weighted by molar-refractivity contribution is 7.07. The lowest BCUT2D eigenvalue weighted by Gasteiger charge is -2.05. The minimum Gasteiger partial charge on any atom is -0.324 e. The van der Waals surface area contributed by atoms with Gasteiger partial charge in [0.05, 0.1) is 11.2 Å². The maximum atomic E-state index is 5.77. The first-order valence-electron chi connectivity index (χ1n) is 4.51. The van der Waals surface area contributed by atoms with Crippen LogP contribution in [0.1, 0.15) is 18.5 Å². The lowest BCUT2D eigenvalue weighted by atomic mass is 10.1. The van der Waals surface area contributed by atoms with Gasteiger partial charge in [-0.2, -0.15) is 0 Å². The first kappa shape index (κ1) is 9.37. The number of rotatable bonds is 2. The molecule has 2 aromatic rings. The van der Waals surface area contributed by atoms with Gasteiger partial charge in [-0.05, 0) is 12.5 Å². The highest BCUT2D eigenvalue weighted by atomic mass is 32.1. The van der Waals surface area contributed by atoms with Crippen LogP contribution in [0.15, 0.2) is 35.2 Å². The van der Waals surface area contributed by atoms with Crippen LogP contribution >= 0.6 is 11.3 Å². The second kappa shape index (κ2) is 3.90. The van der Waals surface area contributed by atoms with Crippen LogP contribution in [-0.2, 0) is 0 Å². The van der Waals surface area contributed by atoms with Gasteiger partial charge in [-0.1, -0.05) is 24.3 Å². The maximum absolute atomic E-state index is 5.77. The second-order valence-electron chi connectivity index (χ2n) is 3.28. The number of aromatic nitrogens is 1. The summed E-state index contributed by atoms with van der Waals surface area (Å²) in [5, 5.41) is 2.04. The van der Waals surface area contributed by atoms with Crippen molar-refractivity contribution in [2.24, 2.45) is 5.73 Å². The Bertz CT molecular complexity index is 390. The standard InChI is InChI=1S/C11H12N2S/c1-8(12)9-2-4-10(5-3-9)11-6-14-7-13-11/h2-8H,12H2,1H3. The van der Waals surface area contributed by atoms with Crippen molar-refractivity contribution in [1.29, 1.82) is 0 Å². The average molecular weight is 204 g/mol. The van der Waals surface area contributed by atoms with Gasteiger partial charge in [0.1, 0.15) is 0 Å². The van der Waals surface area contributed by atoms with E-state index in [1.807, 2.05) is 17.8 Å². The molecule has 0 aliphatic rings. The number of hydrogen-bond acceptors (Lipinski definition) is 3. The van der Waals surface area contributed by atoms with Crippen molar-refractivity contribution >= 4 is 11.3 Å². The van der Waals surface area contributed by atoms with Gasteiger partial charge in [0.15, 0.2) is 0 Å². The molecule has 0 saturated heterocycles. The molecule has 0 spiro atoms. The van der Waals surface area contributed by atoms with Crippen LogP contribution in [0, 0.1) is 0 Å². The van der Waals surface area contributed by atoms with Crippen molar-refractivity contribution in [2.75, 3.05) is 0 Å². The summed E-state index contributed by atoms with van der Waals surface area (Å²) in [6.45, 7) is 1.98. The summed E-state index contributed by atoms with van der Waals surface area (Å²) < 4.78 is 0. The van der Waals surface area contributed by atoms with E-state index < -0.39 is 0 Å². The fraction of sp³-hybridized carbons (Fsp3) is 0.182. The molecule has 1 aromatic heterocycles. The van der Waals surface area contributed by atoms with Gasteiger partial charge in [0.2, 0.25) is 0 Å². The Morgan fingerprint density at radius 3 is 2.50 bits per heavy atom. The minimum absolute atomic E-state index is 0.0967. The van der Waals surface area contributed by atoms with Crippen molar-refractivity contribution in [3.05, 3.63) is 40.7 Å². The SMILES string of the molecule is CC(N)c1ccc(-c2cscn2)cc1. The smallest absolute Gasteiger partial charge is 0.0811 e. The first-order valence-corrected chi connectivity index (χ1v) is 5.46. The van der Waals surface area contributed by atoms with Gasteiger partial charge in [0.25, 0.3) is 0 Å². The lowest BCUT2D eigenvalue weighted by molar-refractivity contribution is 0.818. The molecule has 2 N–H and O–H groups in total. The van der Waals surface area contributed by atoms with Gasteiger partial charge in [-0.3, -0.25) is 0 Å². The molecular formula is C11H12N2S. The van der Waals surface area contributed by atoms with Gasteiger partial charge in [0, 0.05) is 17.0 Å². The average Bonchev–Trinajstić information content (AvgIpc) is 2.71. The zero-order valence-electron chi connectivity index (χ0n) is 7.97. The topological polar surface area (TPSA) is 38.9 Å². The number of nitrogens with zero attached hydrogens (tertiary/aromatic N) is 1. The Morgan fingerprint density at radius 1 is 1.29 bits per heavy atom. The quantitative estimate of drug-likeness (QED) is 0.817. The summed E-state index contributed by atoms with van der Waals surface area (Å²) in [5.41, 5.74) is 10.9. The molecule has 2 nitrogen and oxygen atoms in total. The van der Waals surface area contributed by atoms with E-state index in [4.69, 9.17) is 5.73 Å². The summed E-state index contributed by atoms with van der Waals surface area (Å²) in [5.74, 6) is 0. The zero-order chi connectivity index (χ0) is 9.97. The highest BCUT2D eigenvalue weighted by Crippen LogP contribution is 2.20. The van der Waals surface area contributed by atoms with Crippen molar-refractivity contribution in [3.8, 4) is 11.3 Å². The summed E-state index contributed by atoms with van der Waals surface area (Å²) >= 11 is 1.61. The molecule has 0 aliphatic heterocycles. The third-order valence-electron chi connectivity index (χ3n) is 2.16. The van der Waals surface area contributed by atoms with Gasteiger partial charge in [-0.25, -0.2) is 4.98 Å². The molecule has 1 aromatic carbocycles. The molecule has 1 heterocycles. The maximum Gasteiger partial charge on any atom is 0.0811 e. The lowest BCUT2D eigenvalue weighted by Crippen LogP contribution is -2.04. The van der Waals surface area contributed by atoms with E-state index in [2.05, 4.69) is 29.2 Å². The second-order valence-corrected chi connectivity index (χ2v) is 4.00. The van der Waals surface area contributed by atoms with Crippen LogP contribution in [0.5, 0.6) is 0 Å². The van der Waals surface area contributed by atoms with E-state index in [9.17, 15) is 0 Å². The molecule has 3 heteroatoms. The fourth-order valence-electron chi connectivity index (χ4n) is 1.31. The number of thiazole rings is 1. The Balaban J connectivity index is 2.31. The number of hydrogen-bond donors (Lipinski definition) is 1. The normalized spacial score (nSPS) is 12.7. The molecule has 0 aliphatic carbocycles. The summed E-state index contributed by atoms with van der Waals surface area (Å²) in [6, 6.07) is 8.33. The third kappa shape index (κ3) is 1.84. The molecule has 72 valence electrons. The van der Waals surface area contributed by atoms with Crippen LogP contribution in [-0.4, -0.2) is 4.98 Å². The van der Waals surface area contributed by atoms with E-state index in [0.29, 0.717) is 0 Å². The Labute approximate surface area is 87.4 Å². The molecular weight excluding hydrogens is 192 g/mol. The van der Waals surface area contributed by atoms with E-state index >= 15 is 0 Å². The largest absolute Gasteiger partial charge is 0.324 e. The fourth-order valence-corrected chi connectivity index (χ4v) is 1.87. The minimum atomic E-state index is 0.0967. The summed E-state index contributed by atoms with van der Waals surface area (Å²) in [6.07, 6.45) is 0. The van der Waals surface area contributed by atoms with Crippen molar-refractivity contribution in [2.45, 2.75) is 13.0 Å². The van der Waals surface area contributed by atoms with Gasteiger partial charge < -0.3 is 5.73 Å². The van der Waals surface area contributed by atoms with Crippen molar-refractivity contribution < 1.29 is 0 Å². The summed E-state index contributed by atoms with van der Waals surface area (Å²) in [4.78, 5) is 4.25. The number of benzene rings is 1. The van der Waals surface area contributed by atoms with Crippen LogP contribution in [0.25, 0.3) is 11.3 Å². The molecule has 0 amide bonds. The van der Waals surface area contributed by atoms with E-state index in [1.165, 1.54) is 0 Å². The Kier molecular flexibility index (Phi) is 2.61. The predicted molar refractivity (Wildman–Crippen MR) is 60.2 cm³/mol. The van der Waals surface area contributed by atoms with Crippen LogP contribution in [0.3, 0.4) is 0 Å². The van der Waals surface area contributed by atoms with E-state index in [1.54, 1.807) is 11.3 Å². The molecule has 1 unspecified atom stereocenters. The van der Waals surface area contributed by atoms with Crippen LogP contribution in [0.4, 0.5) is 0 Å². The van der Waals surface area contributed by atoms with Gasteiger partial charge in [-0.15, -0.1) is 11.3 Å². The van der Waals surface area contributed by atoms with Crippen LogP contribution in [0.2, 0.25) is 0 Å². The van der Waals surface area contributed by atoms with Gasteiger partial charge >= 0.3 is 0 Å². The van der Waals surface area contributed by atoms with Crippen molar-refractivity contribution in [3.63, 3.8) is 0 Å². The van der Waals surface area contributed by atoms with Crippen molar-refractivity contribution in [1.82, 2.24) is 4.98 Å². The Hall–Kier alpha value is -1.19. The molecule has 1 atom stereocenters. The molecule has 0 bridgehead atoms. The third-order valence-corrected chi connectivity index (χ3v) is 2.75. The predicted octanol–water partition coefficient (Wildman–Crippen LogP) is 2.83. The summed E-state index contributed by atoms with van der Waals surface area (Å²) in [7, 11) is 0. The monoisotopic (exact) mass is 204 g/mol. The zero-order valence-corrected chi connectivity index (χ0v) is 8.79.